The molecule has 102 valence electrons. The van der Waals surface area contributed by atoms with E-state index in [1.807, 2.05) is 6.07 Å². The van der Waals surface area contributed by atoms with E-state index in [0.717, 1.165) is 19.4 Å². The van der Waals surface area contributed by atoms with Crippen molar-refractivity contribution in [2.75, 3.05) is 11.9 Å². The monoisotopic (exact) mass is 263 g/mol. The van der Waals surface area contributed by atoms with Crippen LogP contribution in [0.3, 0.4) is 0 Å². The highest BCUT2D eigenvalue weighted by Gasteiger charge is 2.28. The van der Waals surface area contributed by atoms with Crippen molar-refractivity contribution in [2.24, 2.45) is 0 Å². The summed E-state index contributed by atoms with van der Waals surface area (Å²) in [5, 5.41) is 13.8. The van der Waals surface area contributed by atoms with Crippen LogP contribution in [-0.2, 0) is 4.74 Å². The number of hydrogen-bond acceptors (Lipinski definition) is 5. The third kappa shape index (κ3) is 2.46. The third-order valence-electron chi connectivity index (χ3n) is 3.32. The van der Waals surface area contributed by atoms with E-state index >= 15 is 0 Å². The first kappa shape index (κ1) is 12.2. The second-order valence-electron chi connectivity index (χ2n) is 5.46. The minimum absolute atomic E-state index is 0.119. The lowest BCUT2D eigenvalue weighted by Gasteiger charge is -2.35. The van der Waals surface area contributed by atoms with Crippen LogP contribution < -0.4 is 11.0 Å². The van der Waals surface area contributed by atoms with Gasteiger partial charge in [0, 0.05) is 12.6 Å². The quantitative estimate of drug-likeness (QED) is 0.836. The highest BCUT2D eigenvalue weighted by molar-refractivity contribution is 5.43. The van der Waals surface area contributed by atoms with Gasteiger partial charge in [-0.3, -0.25) is 0 Å². The molecule has 2 aromatic rings. The molecule has 0 saturated carbocycles. The number of fused-ring (bicyclic) bond motifs is 1. The molecule has 2 N–H and O–H groups in total. The SMILES string of the molecule is CC1(C)CC(Nc2ccc3n[nH]c(=O)n3n2)CCO1. The molecular weight excluding hydrogens is 246 g/mol. The van der Waals surface area contributed by atoms with E-state index in [1.165, 1.54) is 4.52 Å². The van der Waals surface area contributed by atoms with Crippen LogP contribution in [0.1, 0.15) is 26.7 Å². The maximum Gasteiger partial charge on any atom is 0.364 e. The maximum absolute atomic E-state index is 11.5. The highest BCUT2D eigenvalue weighted by Crippen LogP contribution is 2.25. The zero-order valence-corrected chi connectivity index (χ0v) is 11.0. The van der Waals surface area contributed by atoms with Crippen LogP contribution in [0.15, 0.2) is 16.9 Å². The summed E-state index contributed by atoms with van der Waals surface area (Å²) in [6.07, 6.45) is 1.84. The van der Waals surface area contributed by atoms with Gasteiger partial charge in [-0.2, -0.15) is 9.61 Å². The Hall–Kier alpha value is -1.89. The number of rotatable bonds is 2. The topological polar surface area (TPSA) is 84.3 Å². The molecule has 3 rings (SSSR count). The zero-order chi connectivity index (χ0) is 13.5. The van der Waals surface area contributed by atoms with Crippen LogP contribution in [0, 0.1) is 0 Å². The number of H-pyrrole nitrogens is 1. The molecule has 1 fully saturated rings. The first-order chi connectivity index (χ1) is 9.03. The van der Waals surface area contributed by atoms with Gasteiger partial charge in [-0.25, -0.2) is 9.89 Å². The van der Waals surface area contributed by atoms with Crippen molar-refractivity contribution in [3.8, 4) is 0 Å². The van der Waals surface area contributed by atoms with Gasteiger partial charge in [0.2, 0.25) is 0 Å². The second kappa shape index (κ2) is 4.34. The number of hydrogen-bond donors (Lipinski definition) is 2. The fourth-order valence-electron chi connectivity index (χ4n) is 2.44. The smallest absolute Gasteiger partial charge is 0.364 e. The van der Waals surface area contributed by atoms with Crippen molar-refractivity contribution < 1.29 is 4.74 Å². The molecule has 0 spiro atoms. The van der Waals surface area contributed by atoms with E-state index in [4.69, 9.17) is 4.74 Å². The van der Waals surface area contributed by atoms with Crippen molar-refractivity contribution >= 4 is 11.5 Å². The predicted molar refractivity (Wildman–Crippen MR) is 70.3 cm³/mol. The molecular formula is C12H17N5O2. The van der Waals surface area contributed by atoms with E-state index in [2.05, 4.69) is 34.5 Å². The lowest BCUT2D eigenvalue weighted by Crippen LogP contribution is -2.40. The molecule has 2 aromatic heterocycles. The average Bonchev–Trinajstić information content (AvgIpc) is 2.70. The van der Waals surface area contributed by atoms with Crippen LogP contribution in [0.2, 0.25) is 0 Å². The van der Waals surface area contributed by atoms with Gasteiger partial charge in [0.25, 0.3) is 0 Å². The molecule has 7 heteroatoms. The largest absolute Gasteiger partial charge is 0.375 e. The van der Waals surface area contributed by atoms with Crippen molar-refractivity contribution in [2.45, 2.75) is 38.3 Å². The molecule has 1 aliphatic heterocycles. The van der Waals surface area contributed by atoms with Gasteiger partial charge in [0.05, 0.1) is 5.60 Å². The fourth-order valence-corrected chi connectivity index (χ4v) is 2.44. The van der Waals surface area contributed by atoms with Gasteiger partial charge in [-0.1, -0.05) is 0 Å². The summed E-state index contributed by atoms with van der Waals surface area (Å²) < 4.78 is 6.94. The molecule has 1 saturated heterocycles. The molecule has 0 bridgehead atoms. The average molecular weight is 263 g/mol. The first-order valence-corrected chi connectivity index (χ1v) is 6.38. The Morgan fingerprint density at radius 1 is 1.53 bits per heavy atom. The standard InChI is InChI=1S/C12H17N5O2/c1-12(2)7-8(5-6-19-12)13-9-3-4-10-14-15-11(18)17(10)16-9/h3-4,8H,5-7H2,1-2H3,(H,13,16)(H,15,18). The Morgan fingerprint density at radius 3 is 3.16 bits per heavy atom. The Bertz CT molecular complexity index is 645. The van der Waals surface area contributed by atoms with E-state index in [1.54, 1.807) is 6.07 Å². The molecule has 1 atom stereocenters. The number of nitrogens with zero attached hydrogens (tertiary/aromatic N) is 3. The number of aromatic nitrogens is 4. The van der Waals surface area contributed by atoms with Crippen molar-refractivity contribution in [3.05, 3.63) is 22.6 Å². The minimum Gasteiger partial charge on any atom is -0.375 e. The summed E-state index contributed by atoms with van der Waals surface area (Å²) in [7, 11) is 0. The molecule has 19 heavy (non-hydrogen) atoms. The molecule has 0 aliphatic carbocycles. The highest BCUT2D eigenvalue weighted by atomic mass is 16.5. The summed E-state index contributed by atoms with van der Waals surface area (Å²) in [6, 6.07) is 3.90. The van der Waals surface area contributed by atoms with E-state index in [9.17, 15) is 4.79 Å². The van der Waals surface area contributed by atoms with Crippen molar-refractivity contribution in [1.29, 1.82) is 0 Å². The Morgan fingerprint density at radius 2 is 2.37 bits per heavy atom. The summed E-state index contributed by atoms with van der Waals surface area (Å²) in [6.45, 7) is 4.90. The van der Waals surface area contributed by atoms with Gasteiger partial charge >= 0.3 is 5.69 Å². The van der Waals surface area contributed by atoms with Crippen LogP contribution >= 0.6 is 0 Å². The van der Waals surface area contributed by atoms with E-state index in [0.29, 0.717) is 17.5 Å². The fraction of sp³-hybridized carbons (Fsp3) is 0.583. The lowest BCUT2D eigenvalue weighted by atomic mass is 9.94. The van der Waals surface area contributed by atoms with Gasteiger partial charge < -0.3 is 10.1 Å². The van der Waals surface area contributed by atoms with Crippen LogP contribution in [0.5, 0.6) is 0 Å². The summed E-state index contributed by atoms with van der Waals surface area (Å²) in [5.74, 6) is 0.679. The van der Waals surface area contributed by atoms with Crippen LogP contribution in [0.25, 0.3) is 5.65 Å². The molecule has 3 heterocycles. The number of aromatic amines is 1. The van der Waals surface area contributed by atoms with Gasteiger partial charge in [-0.05, 0) is 38.8 Å². The third-order valence-corrected chi connectivity index (χ3v) is 3.32. The molecule has 1 aliphatic rings. The number of ether oxygens (including phenoxy) is 1. The molecule has 0 amide bonds. The Kier molecular flexibility index (Phi) is 2.78. The Labute approximate surface area is 110 Å². The zero-order valence-electron chi connectivity index (χ0n) is 11.0. The molecule has 0 aromatic carbocycles. The van der Waals surface area contributed by atoms with Gasteiger partial charge in [-0.15, -0.1) is 5.10 Å². The molecule has 1 unspecified atom stereocenters. The predicted octanol–water partition coefficient (Wildman–Crippen LogP) is 0.787. The van der Waals surface area contributed by atoms with E-state index < -0.39 is 0 Å². The summed E-state index contributed by atoms with van der Waals surface area (Å²) in [5.41, 5.74) is 0.0702. The number of anilines is 1. The van der Waals surface area contributed by atoms with Crippen LogP contribution in [-0.4, -0.2) is 38.1 Å². The van der Waals surface area contributed by atoms with Crippen molar-refractivity contribution in [1.82, 2.24) is 19.8 Å². The van der Waals surface area contributed by atoms with Gasteiger partial charge in [0.1, 0.15) is 5.82 Å². The summed E-state index contributed by atoms with van der Waals surface area (Å²) >= 11 is 0. The Balaban J connectivity index is 1.81. The lowest BCUT2D eigenvalue weighted by molar-refractivity contribution is -0.0553. The van der Waals surface area contributed by atoms with E-state index in [-0.39, 0.29) is 11.3 Å². The normalized spacial score (nSPS) is 22.5. The molecule has 7 nitrogen and oxygen atoms in total. The second-order valence-corrected chi connectivity index (χ2v) is 5.46. The van der Waals surface area contributed by atoms with Crippen LogP contribution in [0.4, 0.5) is 5.82 Å². The minimum atomic E-state index is -0.328. The maximum atomic E-state index is 11.5. The first-order valence-electron chi connectivity index (χ1n) is 6.38. The summed E-state index contributed by atoms with van der Waals surface area (Å²) in [4.78, 5) is 11.5. The van der Waals surface area contributed by atoms with Crippen molar-refractivity contribution in [3.63, 3.8) is 0 Å². The number of nitrogens with one attached hydrogen (secondary N) is 2. The molecule has 0 radical (unpaired) electrons. The van der Waals surface area contributed by atoms with Gasteiger partial charge in [0.15, 0.2) is 5.65 Å².